The van der Waals surface area contributed by atoms with Gasteiger partial charge in [-0.1, -0.05) is 11.6 Å². The van der Waals surface area contributed by atoms with Crippen molar-refractivity contribution in [3.05, 3.63) is 47.0 Å². The number of halogens is 1. The smallest absolute Gasteiger partial charge is 0.255 e. The Hall–Kier alpha value is -1.92. The van der Waals surface area contributed by atoms with Gasteiger partial charge in [-0.25, -0.2) is 0 Å². The van der Waals surface area contributed by atoms with E-state index >= 15 is 0 Å². The van der Waals surface area contributed by atoms with Gasteiger partial charge < -0.3 is 4.90 Å². The number of nitrogens with zero attached hydrogens (tertiary/aromatic N) is 5. The van der Waals surface area contributed by atoms with E-state index in [9.17, 15) is 4.79 Å². The fourth-order valence-electron chi connectivity index (χ4n) is 2.88. The van der Waals surface area contributed by atoms with Gasteiger partial charge in [0.1, 0.15) is 0 Å². The maximum absolute atomic E-state index is 12.6. The number of amides is 1. The quantitative estimate of drug-likeness (QED) is 0.849. The minimum absolute atomic E-state index is 0.0724. The first kappa shape index (κ1) is 16.9. The summed E-state index contributed by atoms with van der Waals surface area (Å²) in [5.74, 6) is 0.0724. The lowest BCUT2D eigenvalue weighted by Gasteiger charge is -2.22. The largest absolute Gasteiger partial charge is 0.337 e. The Bertz CT molecular complexity index is 685. The van der Waals surface area contributed by atoms with Gasteiger partial charge in [0.25, 0.3) is 5.91 Å². The third-order valence-corrected chi connectivity index (χ3v) is 4.48. The van der Waals surface area contributed by atoms with Crippen LogP contribution in [0.1, 0.15) is 22.5 Å². The third kappa shape index (κ3) is 4.33. The van der Waals surface area contributed by atoms with Crippen LogP contribution in [0.4, 0.5) is 0 Å². The molecule has 0 bridgehead atoms. The average molecular weight is 348 g/mol. The van der Waals surface area contributed by atoms with Crippen molar-refractivity contribution in [2.24, 2.45) is 0 Å². The van der Waals surface area contributed by atoms with Crippen molar-refractivity contribution < 1.29 is 4.79 Å². The predicted molar refractivity (Wildman–Crippen MR) is 93.2 cm³/mol. The van der Waals surface area contributed by atoms with Crippen LogP contribution < -0.4 is 0 Å². The van der Waals surface area contributed by atoms with Gasteiger partial charge >= 0.3 is 0 Å². The van der Waals surface area contributed by atoms with Crippen LogP contribution in [-0.4, -0.2) is 63.2 Å². The minimum atomic E-state index is 0.0724. The number of hydrogen-bond donors (Lipinski definition) is 0. The van der Waals surface area contributed by atoms with E-state index in [1.807, 2.05) is 34.8 Å². The van der Waals surface area contributed by atoms with E-state index in [-0.39, 0.29) is 5.91 Å². The summed E-state index contributed by atoms with van der Waals surface area (Å²) in [6.45, 7) is 7.04. The molecule has 128 valence electrons. The first-order valence-electron chi connectivity index (χ1n) is 8.24. The normalized spacial score (nSPS) is 16.2. The topological polar surface area (TPSA) is 54.3 Å². The highest BCUT2D eigenvalue weighted by Gasteiger charge is 2.20. The van der Waals surface area contributed by atoms with Gasteiger partial charge in [0, 0.05) is 44.3 Å². The molecule has 0 unspecified atom stereocenters. The van der Waals surface area contributed by atoms with Crippen molar-refractivity contribution in [3.63, 3.8) is 0 Å². The molecule has 0 atom stereocenters. The highest BCUT2D eigenvalue weighted by Crippen LogP contribution is 2.10. The number of carbonyl (C=O) groups is 1. The average Bonchev–Trinajstić information content (AvgIpc) is 2.86. The van der Waals surface area contributed by atoms with Crippen LogP contribution in [0.2, 0.25) is 5.02 Å². The second kappa shape index (κ2) is 7.77. The molecule has 0 spiro atoms. The summed E-state index contributed by atoms with van der Waals surface area (Å²) in [6.07, 6.45) is 6.13. The van der Waals surface area contributed by atoms with Gasteiger partial charge in [0.15, 0.2) is 0 Å². The first-order chi connectivity index (χ1) is 11.6. The van der Waals surface area contributed by atoms with E-state index in [0.29, 0.717) is 10.6 Å². The Kier molecular flexibility index (Phi) is 5.48. The molecule has 0 radical (unpaired) electrons. The Morgan fingerprint density at radius 3 is 2.75 bits per heavy atom. The molecule has 1 aliphatic heterocycles. The Morgan fingerprint density at radius 1 is 1.17 bits per heavy atom. The molecule has 0 N–H and O–H groups in total. The van der Waals surface area contributed by atoms with E-state index in [1.54, 1.807) is 12.4 Å². The Morgan fingerprint density at radius 2 is 2.04 bits per heavy atom. The van der Waals surface area contributed by atoms with Crippen LogP contribution >= 0.6 is 11.6 Å². The van der Waals surface area contributed by atoms with E-state index in [0.717, 1.165) is 51.4 Å². The summed E-state index contributed by atoms with van der Waals surface area (Å²) in [6, 6.07) is 3.74. The molecule has 0 aromatic carbocycles. The first-order valence-corrected chi connectivity index (χ1v) is 8.62. The lowest BCUT2D eigenvalue weighted by molar-refractivity contribution is 0.0761. The minimum Gasteiger partial charge on any atom is -0.337 e. The monoisotopic (exact) mass is 347 g/mol. The van der Waals surface area contributed by atoms with Gasteiger partial charge in [-0.05, 0) is 32.0 Å². The zero-order valence-electron chi connectivity index (χ0n) is 13.9. The summed E-state index contributed by atoms with van der Waals surface area (Å²) >= 11 is 5.88. The number of rotatable bonds is 4. The summed E-state index contributed by atoms with van der Waals surface area (Å²) < 4.78 is 1.86. The van der Waals surface area contributed by atoms with Crippen LogP contribution in [0.3, 0.4) is 0 Å². The predicted octanol–water partition coefficient (Wildman–Crippen LogP) is 2.09. The van der Waals surface area contributed by atoms with Gasteiger partial charge in [0.2, 0.25) is 0 Å². The molecular weight excluding hydrogens is 326 g/mol. The van der Waals surface area contributed by atoms with Crippen LogP contribution in [0.15, 0.2) is 30.7 Å². The molecule has 0 saturated carbocycles. The molecule has 0 aliphatic carbocycles. The molecule has 6 nitrogen and oxygen atoms in total. The van der Waals surface area contributed by atoms with Crippen LogP contribution in [0.25, 0.3) is 0 Å². The van der Waals surface area contributed by atoms with Gasteiger partial charge in [-0.2, -0.15) is 5.10 Å². The summed E-state index contributed by atoms with van der Waals surface area (Å²) in [5, 5.41) is 4.86. The van der Waals surface area contributed by atoms with Gasteiger partial charge in [0.05, 0.1) is 23.3 Å². The number of pyridine rings is 1. The van der Waals surface area contributed by atoms with Gasteiger partial charge in [-0.3, -0.25) is 19.4 Å². The van der Waals surface area contributed by atoms with E-state index < -0.39 is 0 Å². The molecule has 24 heavy (non-hydrogen) atoms. The molecule has 1 amide bonds. The molecule has 1 fully saturated rings. The third-order valence-electron chi connectivity index (χ3n) is 4.28. The van der Waals surface area contributed by atoms with E-state index in [2.05, 4.69) is 15.0 Å². The van der Waals surface area contributed by atoms with Crippen LogP contribution in [-0.2, 0) is 6.54 Å². The Labute approximate surface area is 147 Å². The van der Waals surface area contributed by atoms with Crippen molar-refractivity contribution >= 4 is 17.5 Å². The number of carbonyl (C=O) groups excluding carboxylic acids is 1. The zero-order chi connectivity index (χ0) is 16.9. The second-order valence-electron chi connectivity index (χ2n) is 6.10. The SMILES string of the molecule is Cc1ccc(C(=O)N2CCCN(CCn3cc(Cl)cn3)CC2)cn1. The molecule has 3 heterocycles. The molecule has 3 rings (SSSR count). The second-order valence-corrected chi connectivity index (χ2v) is 6.53. The molecule has 7 heteroatoms. The van der Waals surface area contributed by atoms with Crippen LogP contribution in [0.5, 0.6) is 0 Å². The molecule has 2 aromatic rings. The standard InChI is InChI=1S/C17H22ClN5O/c1-14-3-4-15(11-19-14)17(24)22-6-2-5-21(7-9-22)8-10-23-13-16(18)12-20-23/h3-4,11-13H,2,5-10H2,1H3. The van der Waals surface area contributed by atoms with Crippen molar-refractivity contribution in [1.29, 1.82) is 0 Å². The summed E-state index contributed by atoms with van der Waals surface area (Å²) in [4.78, 5) is 21.1. The highest BCUT2D eigenvalue weighted by atomic mass is 35.5. The number of aryl methyl sites for hydroxylation is 1. The van der Waals surface area contributed by atoms with E-state index in [1.165, 1.54) is 0 Å². The van der Waals surface area contributed by atoms with Crippen molar-refractivity contribution in [2.45, 2.75) is 19.9 Å². The molecule has 1 saturated heterocycles. The van der Waals surface area contributed by atoms with Crippen molar-refractivity contribution in [3.8, 4) is 0 Å². The van der Waals surface area contributed by atoms with E-state index in [4.69, 9.17) is 11.6 Å². The maximum Gasteiger partial charge on any atom is 0.255 e. The number of aromatic nitrogens is 3. The molecule has 1 aliphatic rings. The molecular formula is C17H22ClN5O. The van der Waals surface area contributed by atoms with Crippen molar-refractivity contribution in [2.75, 3.05) is 32.7 Å². The Balaban J connectivity index is 1.52. The fraction of sp³-hybridized carbons (Fsp3) is 0.471. The molecule has 2 aromatic heterocycles. The van der Waals surface area contributed by atoms with Crippen molar-refractivity contribution in [1.82, 2.24) is 24.6 Å². The lowest BCUT2D eigenvalue weighted by atomic mass is 10.2. The van der Waals surface area contributed by atoms with Gasteiger partial charge in [-0.15, -0.1) is 0 Å². The zero-order valence-corrected chi connectivity index (χ0v) is 14.6. The van der Waals surface area contributed by atoms with Crippen LogP contribution in [0, 0.1) is 6.92 Å². The summed E-state index contributed by atoms with van der Waals surface area (Å²) in [5.41, 5.74) is 1.59. The number of hydrogen-bond acceptors (Lipinski definition) is 4. The highest BCUT2D eigenvalue weighted by molar-refractivity contribution is 6.30. The fourth-order valence-corrected chi connectivity index (χ4v) is 3.04. The maximum atomic E-state index is 12.6. The lowest BCUT2D eigenvalue weighted by Crippen LogP contribution is -2.36. The summed E-state index contributed by atoms with van der Waals surface area (Å²) in [7, 11) is 0.